The number of nitrogens with one attached hydrogen (secondary N) is 1. The van der Waals surface area contributed by atoms with E-state index in [1.54, 1.807) is 18.2 Å². The first kappa shape index (κ1) is 17.9. The van der Waals surface area contributed by atoms with Gasteiger partial charge in [-0.1, -0.05) is 25.0 Å². The minimum absolute atomic E-state index is 0.00263. The summed E-state index contributed by atoms with van der Waals surface area (Å²) in [5.41, 5.74) is 0.00263. The molecule has 1 saturated carbocycles. The van der Waals surface area contributed by atoms with Gasteiger partial charge < -0.3 is 10.2 Å². The Kier molecular flexibility index (Phi) is 5.29. The molecule has 2 fully saturated rings. The van der Waals surface area contributed by atoms with E-state index in [-0.39, 0.29) is 5.56 Å². The van der Waals surface area contributed by atoms with Gasteiger partial charge in [-0.25, -0.2) is 14.4 Å². The number of carbonyl (C=O) groups is 1. The number of aromatic nitrogens is 2. The zero-order valence-corrected chi connectivity index (χ0v) is 15.3. The smallest absolute Gasteiger partial charge is 0.259 e. The molecule has 1 amide bonds. The lowest BCUT2D eigenvalue weighted by Crippen LogP contribution is -2.50. The number of hydrogen-bond acceptors (Lipinski definition) is 5. The van der Waals surface area contributed by atoms with E-state index in [0.29, 0.717) is 5.82 Å². The van der Waals surface area contributed by atoms with Crippen molar-refractivity contribution >= 4 is 17.5 Å². The molecule has 1 aromatic carbocycles. The van der Waals surface area contributed by atoms with E-state index in [1.165, 1.54) is 44.1 Å². The Hall–Kier alpha value is -2.54. The second-order valence-electron chi connectivity index (χ2n) is 7.16. The summed E-state index contributed by atoms with van der Waals surface area (Å²) in [6, 6.07) is 8.41. The van der Waals surface area contributed by atoms with Crippen LogP contribution in [0.15, 0.2) is 36.7 Å². The summed E-state index contributed by atoms with van der Waals surface area (Å²) in [6.07, 6.45) is 6.78. The highest BCUT2D eigenvalue weighted by atomic mass is 19.1. The van der Waals surface area contributed by atoms with E-state index in [4.69, 9.17) is 0 Å². The van der Waals surface area contributed by atoms with Gasteiger partial charge in [0.25, 0.3) is 5.91 Å². The zero-order chi connectivity index (χ0) is 18.6. The largest absolute Gasteiger partial charge is 0.354 e. The molecule has 0 bridgehead atoms. The fraction of sp³-hybridized carbons (Fsp3) is 0.450. The zero-order valence-electron chi connectivity index (χ0n) is 15.3. The Morgan fingerprint density at radius 1 is 1.07 bits per heavy atom. The minimum Gasteiger partial charge on any atom is -0.354 e. The second-order valence-corrected chi connectivity index (χ2v) is 7.16. The average Bonchev–Trinajstić information content (AvgIpc) is 3.23. The third-order valence-electron chi connectivity index (χ3n) is 5.49. The molecule has 1 saturated heterocycles. The van der Waals surface area contributed by atoms with Crippen LogP contribution in [0.2, 0.25) is 0 Å². The molecular weight excluding hydrogens is 345 g/mol. The lowest BCUT2D eigenvalue weighted by molar-refractivity contribution is 0.102. The van der Waals surface area contributed by atoms with E-state index in [0.717, 1.165) is 38.0 Å². The van der Waals surface area contributed by atoms with Gasteiger partial charge >= 0.3 is 0 Å². The van der Waals surface area contributed by atoms with Gasteiger partial charge in [-0.05, 0) is 25.0 Å². The number of halogens is 1. The van der Waals surface area contributed by atoms with Gasteiger partial charge in [0.1, 0.15) is 23.8 Å². The highest BCUT2D eigenvalue weighted by Crippen LogP contribution is 2.25. The number of anilines is 2. The van der Waals surface area contributed by atoms with Crippen molar-refractivity contribution in [3.63, 3.8) is 0 Å². The lowest BCUT2D eigenvalue weighted by atomic mass is 10.2. The van der Waals surface area contributed by atoms with Gasteiger partial charge in [0.15, 0.2) is 0 Å². The fourth-order valence-electron chi connectivity index (χ4n) is 4.00. The van der Waals surface area contributed by atoms with Crippen LogP contribution in [0.5, 0.6) is 0 Å². The molecule has 142 valence electrons. The first-order valence-electron chi connectivity index (χ1n) is 9.57. The van der Waals surface area contributed by atoms with Gasteiger partial charge in [0.05, 0.1) is 5.56 Å². The number of hydrogen-bond donors (Lipinski definition) is 1. The van der Waals surface area contributed by atoms with Crippen LogP contribution < -0.4 is 10.2 Å². The van der Waals surface area contributed by atoms with Crippen molar-refractivity contribution in [1.29, 1.82) is 0 Å². The summed E-state index contributed by atoms with van der Waals surface area (Å²) in [7, 11) is 0. The van der Waals surface area contributed by atoms with Crippen molar-refractivity contribution in [3.8, 4) is 0 Å². The number of amides is 1. The Morgan fingerprint density at radius 3 is 2.56 bits per heavy atom. The summed E-state index contributed by atoms with van der Waals surface area (Å²) in [6.45, 7) is 3.89. The molecule has 1 aromatic heterocycles. The monoisotopic (exact) mass is 369 g/mol. The number of nitrogens with zero attached hydrogens (tertiary/aromatic N) is 4. The highest BCUT2D eigenvalue weighted by molar-refractivity contribution is 6.04. The summed E-state index contributed by atoms with van der Waals surface area (Å²) in [5, 5.41) is 2.66. The predicted molar refractivity (Wildman–Crippen MR) is 102 cm³/mol. The van der Waals surface area contributed by atoms with Gasteiger partial charge in [-0.15, -0.1) is 0 Å². The van der Waals surface area contributed by atoms with E-state index in [9.17, 15) is 9.18 Å². The molecule has 6 nitrogen and oxygen atoms in total. The fourth-order valence-corrected chi connectivity index (χ4v) is 4.00. The summed E-state index contributed by atoms with van der Waals surface area (Å²) in [4.78, 5) is 25.5. The Labute approximate surface area is 158 Å². The standard InChI is InChI=1S/C20H24FN5O/c21-17-8-4-3-7-16(17)20(27)24-18-13-19(23-14-22-18)26-11-9-25(10-12-26)15-5-1-2-6-15/h3-4,7-8,13-15H,1-2,5-6,9-12H2,(H,22,23,24,27). The minimum atomic E-state index is -0.549. The van der Waals surface area contributed by atoms with E-state index in [1.807, 2.05) is 0 Å². The first-order chi connectivity index (χ1) is 13.2. The van der Waals surface area contributed by atoms with Gasteiger partial charge in [0, 0.05) is 38.3 Å². The maximum atomic E-state index is 13.8. The summed E-state index contributed by atoms with van der Waals surface area (Å²) >= 11 is 0. The van der Waals surface area contributed by atoms with Crippen LogP contribution in [0.3, 0.4) is 0 Å². The molecule has 7 heteroatoms. The lowest BCUT2D eigenvalue weighted by Gasteiger charge is -2.38. The average molecular weight is 369 g/mol. The Balaban J connectivity index is 1.39. The maximum Gasteiger partial charge on any atom is 0.259 e. The van der Waals surface area contributed by atoms with E-state index in [2.05, 4.69) is 25.1 Å². The van der Waals surface area contributed by atoms with Crippen LogP contribution in [0.1, 0.15) is 36.0 Å². The second kappa shape index (κ2) is 8.00. The van der Waals surface area contributed by atoms with Gasteiger partial charge in [-0.2, -0.15) is 0 Å². The quantitative estimate of drug-likeness (QED) is 0.898. The Morgan fingerprint density at radius 2 is 1.81 bits per heavy atom. The van der Waals surface area contributed by atoms with Crippen molar-refractivity contribution in [3.05, 3.63) is 48.0 Å². The summed E-state index contributed by atoms with van der Waals surface area (Å²) in [5.74, 6) is 0.113. The Bertz CT molecular complexity index is 800. The van der Waals surface area contributed by atoms with Crippen LogP contribution in [-0.2, 0) is 0 Å². The van der Waals surface area contributed by atoms with Crippen molar-refractivity contribution < 1.29 is 9.18 Å². The maximum absolute atomic E-state index is 13.8. The molecule has 0 unspecified atom stereocenters. The molecule has 2 heterocycles. The predicted octanol–water partition coefficient (Wildman–Crippen LogP) is 2.93. The molecule has 4 rings (SSSR count). The number of benzene rings is 1. The van der Waals surface area contributed by atoms with Gasteiger partial charge in [0.2, 0.25) is 0 Å². The number of rotatable bonds is 4. The first-order valence-corrected chi connectivity index (χ1v) is 9.57. The van der Waals surface area contributed by atoms with Crippen molar-refractivity contribution in [1.82, 2.24) is 14.9 Å². The number of piperazine rings is 1. The SMILES string of the molecule is O=C(Nc1cc(N2CCN(C3CCCC3)CC2)ncn1)c1ccccc1F. The van der Waals surface area contributed by atoms with Crippen molar-refractivity contribution in [2.75, 3.05) is 36.4 Å². The molecule has 0 radical (unpaired) electrons. The van der Waals surface area contributed by atoms with Crippen LogP contribution in [-0.4, -0.2) is 53.0 Å². The van der Waals surface area contributed by atoms with E-state index < -0.39 is 11.7 Å². The topological polar surface area (TPSA) is 61.4 Å². The molecule has 1 aliphatic carbocycles. The highest BCUT2D eigenvalue weighted by Gasteiger charge is 2.26. The van der Waals surface area contributed by atoms with Crippen molar-refractivity contribution in [2.45, 2.75) is 31.7 Å². The van der Waals surface area contributed by atoms with Crippen LogP contribution in [0.4, 0.5) is 16.0 Å². The van der Waals surface area contributed by atoms with Crippen LogP contribution in [0.25, 0.3) is 0 Å². The third kappa shape index (κ3) is 4.08. The summed E-state index contributed by atoms with van der Waals surface area (Å²) < 4.78 is 13.8. The molecular formula is C20H24FN5O. The number of carbonyl (C=O) groups excluding carboxylic acids is 1. The van der Waals surface area contributed by atoms with E-state index >= 15 is 0 Å². The molecule has 0 atom stereocenters. The molecule has 27 heavy (non-hydrogen) atoms. The molecule has 2 aliphatic rings. The van der Waals surface area contributed by atoms with Crippen molar-refractivity contribution in [2.24, 2.45) is 0 Å². The molecule has 1 N–H and O–H groups in total. The molecule has 0 spiro atoms. The molecule has 1 aliphatic heterocycles. The van der Waals surface area contributed by atoms with Crippen LogP contribution in [0, 0.1) is 5.82 Å². The van der Waals surface area contributed by atoms with Gasteiger partial charge in [-0.3, -0.25) is 9.69 Å². The normalized spacial score (nSPS) is 18.6. The van der Waals surface area contributed by atoms with Crippen LogP contribution >= 0.6 is 0 Å². The molecule has 2 aromatic rings. The third-order valence-corrected chi connectivity index (χ3v) is 5.49.